The standard InChI is InChI=1S/C20H19ClFN3O3/c1-12-2-5-17(25-24-12)18(27)23-20-9-19(10-20,11-20)7-13(26)8-28-14-3-4-15(21)16(22)6-14/h2-6H,7-11H2,1H3,(H,23,27). The maximum absolute atomic E-state index is 13.4. The Bertz CT molecular complexity index is 928. The Morgan fingerprint density at radius 1 is 1.21 bits per heavy atom. The first-order valence-electron chi connectivity index (χ1n) is 9.01. The third kappa shape index (κ3) is 3.58. The number of halogens is 2. The number of hydrogen-bond donors (Lipinski definition) is 1. The second-order valence-electron chi connectivity index (χ2n) is 7.90. The van der Waals surface area contributed by atoms with Crippen LogP contribution in [0, 0.1) is 18.2 Å². The van der Waals surface area contributed by atoms with Gasteiger partial charge >= 0.3 is 0 Å². The van der Waals surface area contributed by atoms with Gasteiger partial charge in [0.25, 0.3) is 5.91 Å². The van der Waals surface area contributed by atoms with Gasteiger partial charge in [-0.1, -0.05) is 11.6 Å². The lowest BCUT2D eigenvalue weighted by atomic mass is 9.38. The molecule has 0 spiro atoms. The highest BCUT2D eigenvalue weighted by molar-refractivity contribution is 6.30. The van der Waals surface area contributed by atoms with E-state index >= 15 is 0 Å². The molecule has 0 radical (unpaired) electrons. The van der Waals surface area contributed by atoms with E-state index in [-0.39, 0.29) is 40.0 Å². The first kappa shape index (κ1) is 18.8. The summed E-state index contributed by atoms with van der Waals surface area (Å²) < 4.78 is 18.8. The van der Waals surface area contributed by atoms with E-state index in [9.17, 15) is 14.0 Å². The zero-order valence-electron chi connectivity index (χ0n) is 15.3. The Kier molecular flexibility index (Phi) is 4.57. The van der Waals surface area contributed by atoms with Gasteiger partial charge < -0.3 is 10.1 Å². The number of amides is 1. The van der Waals surface area contributed by atoms with Crippen LogP contribution in [0.3, 0.4) is 0 Å². The molecule has 1 aromatic carbocycles. The first-order chi connectivity index (χ1) is 13.3. The molecule has 8 heteroatoms. The molecule has 3 fully saturated rings. The lowest BCUT2D eigenvalue weighted by Crippen LogP contribution is -2.75. The Hall–Kier alpha value is -2.54. The van der Waals surface area contributed by atoms with Gasteiger partial charge in [0.15, 0.2) is 11.5 Å². The van der Waals surface area contributed by atoms with E-state index in [4.69, 9.17) is 16.3 Å². The molecule has 28 heavy (non-hydrogen) atoms. The number of rotatable bonds is 7. The second-order valence-corrected chi connectivity index (χ2v) is 8.31. The summed E-state index contributed by atoms with van der Waals surface area (Å²) in [5.41, 5.74) is 0.759. The van der Waals surface area contributed by atoms with E-state index in [0.717, 1.165) is 31.0 Å². The molecule has 2 bridgehead atoms. The quantitative estimate of drug-likeness (QED) is 0.767. The molecule has 1 amide bonds. The van der Waals surface area contributed by atoms with Gasteiger partial charge in [-0.2, -0.15) is 5.10 Å². The Balaban J connectivity index is 1.24. The van der Waals surface area contributed by atoms with Gasteiger partial charge in [-0.3, -0.25) is 9.59 Å². The highest BCUT2D eigenvalue weighted by Gasteiger charge is 2.68. The van der Waals surface area contributed by atoms with E-state index in [1.54, 1.807) is 12.1 Å². The average molecular weight is 404 g/mol. The minimum Gasteiger partial charge on any atom is -0.486 e. The van der Waals surface area contributed by atoms with Crippen LogP contribution in [-0.2, 0) is 4.79 Å². The molecule has 3 aliphatic rings. The van der Waals surface area contributed by atoms with Crippen molar-refractivity contribution < 1.29 is 18.7 Å². The topological polar surface area (TPSA) is 81.2 Å². The number of hydrogen-bond acceptors (Lipinski definition) is 5. The summed E-state index contributed by atoms with van der Waals surface area (Å²) in [5, 5.41) is 10.8. The highest BCUT2D eigenvalue weighted by atomic mass is 35.5. The summed E-state index contributed by atoms with van der Waals surface area (Å²) in [6.07, 6.45) is 2.70. The predicted molar refractivity (Wildman–Crippen MR) is 99.8 cm³/mol. The predicted octanol–water partition coefficient (Wildman–Crippen LogP) is 3.27. The fraction of sp³-hybridized carbons (Fsp3) is 0.400. The molecule has 5 rings (SSSR count). The number of nitrogens with zero attached hydrogens (tertiary/aromatic N) is 2. The maximum atomic E-state index is 13.4. The van der Waals surface area contributed by atoms with E-state index in [1.807, 2.05) is 6.92 Å². The van der Waals surface area contributed by atoms with Crippen LogP contribution in [0.1, 0.15) is 41.9 Å². The SMILES string of the molecule is Cc1ccc(C(=O)NC23CC(CC(=O)COc4ccc(Cl)c(F)c4)(C2)C3)nn1. The molecule has 6 nitrogen and oxygen atoms in total. The summed E-state index contributed by atoms with van der Waals surface area (Å²) in [5.74, 6) is -0.586. The molecule has 2 aromatic rings. The smallest absolute Gasteiger partial charge is 0.272 e. The third-order valence-electron chi connectivity index (χ3n) is 5.41. The van der Waals surface area contributed by atoms with Crippen LogP contribution in [0.5, 0.6) is 5.75 Å². The van der Waals surface area contributed by atoms with Crippen molar-refractivity contribution in [2.75, 3.05) is 6.61 Å². The number of aryl methyl sites for hydroxylation is 1. The Labute approximate surface area is 166 Å². The monoisotopic (exact) mass is 403 g/mol. The normalized spacial score (nSPS) is 24.7. The van der Waals surface area contributed by atoms with Crippen molar-refractivity contribution in [3.63, 3.8) is 0 Å². The lowest BCUT2D eigenvalue weighted by Gasteiger charge is -2.70. The molecular formula is C20H19ClFN3O3. The van der Waals surface area contributed by atoms with Gasteiger partial charge in [-0.25, -0.2) is 4.39 Å². The van der Waals surface area contributed by atoms with Gasteiger partial charge in [0.1, 0.15) is 18.2 Å². The van der Waals surface area contributed by atoms with Crippen LogP contribution in [0.15, 0.2) is 30.3 Å². The Morgan fingerprint density at radius 2 is 1.96 bits per heavy atom. The van der Waals surface area contributed by atoms with E-state index in [2.05, 4.69) is 15.5 Å². The minimum atomic E-state index is -0.581. The van der Waals surface area contributed by atoms with Crippen LogP contribution in [0.25, 0.3) is 0 Å². The van der Waals surface area contributed by atoms with E-state index in [0.29, 0.717) is 12.1 Å². The van der Waals surface area contributed by atoms with Crippen molar-refractivity contribution in [3.8, 4) is 5.75 Å². The van der Waals surface area contributed by atoms with Crippen molar-refractivity contribution in [3.05, 3.63) is 52.6 Å². The van der Waals surface area contributed by atoms with Crippen LogP contribution in [0.2, 0.25) is 5.02 Å². The summed E-state index contributed by atoms with van der Waals surface area (Å²) in [7, 11) is 0. The van der Waals surface area contributed by atoms with Crippen molar-refractivity contribution in [2.24, 2.45) is 5.41 Å². The number of nitrogens with one attached hydrogen (secondary N) is 1. The van der Waals surface area contributed by atoms with Crippen molar-refractivity contribution in [1.82, 2.24) is 15.5 Å². The zero-order chi connectivity index (χ0) is 19.9. The number of Topliss-reactive ketones (excluding diaryl/α,β-unsaturated/α-hetero) is 1. The Morgan fingerprint density at radius 3 is 2.61 bits per heavy atom. The van der Waals surface area contributed by atoms with E-state index in [1.165, 1.54) is 12.1 Å². The molecule has 0 saturated heterocycles. The molecule has 0 aliphatic heterocycles. The molecule has 3 saturated carbocycles. The van der Waals surface area contributed by atoms with Gasteiger partial charge in [0, 0.05) is 18.0 Å². The average Bonchev–Trinajstić information content (AvgIpc) is 2.60. The molecule has 1 N–H and O–H groups in total. The van der Waals surface area contributed by atoms with E-state index < -0.39 is 5.82 Å². The molecule has 0 unspecified atom stereocenters. The molecule has 1 heterocycles. The highest BCUT2D eigenvalue weighted by Crippen LogP contribution is 2.69. The first-order valence-corrected chi connectivity index (χ1v) is 9.38. The van der Waals surface area contributed by atoms with Crippen molar-refractivity contribution >= 4 is 23.3 Å². The summed E-state index contributed by atoms with van der Waals surface area (Å²) >= 11 is 5.62. The van der Waals surface area contributed by atoms with Crippen LogP contribution < -0.4 is 10.1 Å². The number of ether oxygens (including phenoxy) is 1. The summed E-state index contributed by atoms with van der Waals surface area (Å²) in [6, 6.07) is 7.48. The number of aromatic nitrogens is 2. The van der Waals surface area contributed by atoms with Crippen LogP contribution in [-0.4, -0.2) is 34.0 Å². The van der Waals surface area contributed by atoms with Gasteiger partial charge in [-0.15, -0.1) is 5.10 Å². The van der Waals surface area contributed by atoms with Crippen molar-refractivity contribution in [1.29, 1.82) is 0 Å². The molecule has 0 atom stereocenters. The largest absolute Gasteiger partial charge is 0.486 e. The summed E-state index contributed by atoms with van der Waals surface area (Å²) in [4.78, 5) is 24.5. The molecule has 146 valence electrons. The fourth-order valence-electron chi connectivity index (χ4n) is 4.34. The van der Waals surface area contributed by atoms with Gasteiger partial charge in [-0.05, 0) is 55.9 Å². The summed E-state index contributed by atoms with van der Waals surface area (Å²) in [6.45, 7) is 1.70. The van der Waals surface area contributed by atoms with Gasteiger partial charge in [0.05, 0.1) is 10.7 Å². The van der Waals surface area contributed by atoms with Crippen LogP contribution >= 0.6 is 11.6 Å². The number of carbonyl (C=O) groups is 2. The lowest BCUT2D eigenvalue weighted by molar-refractivity contribution is -0.162. The maximum Gasteiger partial charge on any atom is 0.272 e. The van der Waals surface area contributed by atoms with Gasteiger partial charge in [0.2, 0.25) is 0 Å². The second kappa shape index (κ2) is 6.81. The molecule has 1 aromatic heterocycles. The molecule has 3 aliphatic carbocycles. The zero-order valence-corrected chi connectivity index (χ0v) is 16.1. The van der Waals surface area contributed by atoms with Crippen LogP contribution in [0.4, 0.5) is 4.39 Å². The third-order valence-corrected chi connectivity index (χ3v) is 5.72. The molecular weight excluding hydrogens is 385 g/mol. The number of ketones is 1. The fourth-order valence-corrected chi connectivity index (χ4v) is 4.46. The van der Waals surface area contributed by atoms with Crippen molar-refractivity contribution in [2.45, 2.75) is 38.1 Å². The number of benzene rings is 1. The minimum absolute atomic E-state index is 0.0107. The number of carbonyl (C=O) groups excluding carboxylic acids is 2.